The van der Waals surface area contributed by atoms with Crippen molar-refractivity contribution in [2.24, 2.45) is 0 Å². The fourth-order valence-corrected chi connectivity index (χ4v) is 2.52. The Labute approximate surface area is 105 Å². The molecule has 1 N–H and O–H groups in total. The molecule has 1 aromatic heterocycles. The lowest BCUT2D eigenvalue weighted by Crippen LogP contribution is -1.92. The maximum atomic E-state index is 9.30. The van der Waals surface area contributed by atoms with Gasteiger partial charge >= 0.3 is 0 Å². The molecule has 90 valence electrons. The highest BCUT2D eigenvalue weighted by atomic mass is 32.1. The van der Waals surface area contributed by atoms with Crippen LogP contribution in [0, 0.1) is 6.92 Å². The SMILES string of the molecule is CCOc1cccc(-c2nc(C)sc2CO)c1. The highest BCUT2D eigenvalue weighted by Crippen LogP contribution is 2.30. The van der Waals surface area contributed by atoms with E-state index in [4.69, 9.17) is 4.74 Å². The first kappa shape index (κ1) is 12.1. The predicted octanol–water partition coefficient (Wildman–Crippen LogP) is 3.01. The lowest BCUT2D eigenvalue weighted by molar-refractivity contribution is 0.286. The van der Waals surface area contributed by atoms with Gasteiger partial charge in [0.05, 0.1) is 28.8 Å². The molecule has 2 aromatic rings. The van der Waals surface area contributed by atoms with Gasteiger partial charge < -0.3 is 9.84 Å². The molecule has 1 aromatic carbocycles. The van der Waals surface area contributed by atoms with Gasteiger partial charge in [-0.05, 0) is 26.0 Å². The molecule has 0 amide bonds. The molecule has 0 atom stereocenters. The molecule has 0 aliphatic rings. The minimum absolute atomic E-state index is 0.0275. The van der Waals surface area contributed by atoms with Crippen LogP contribution >= 0.6 is 11.3 Å². The molecule has 3 nitrogen and oxygen atoms in total. The quantitative estimate of drug-likeness (QED) is 0.905. The average Bonchev–Trinajstić information content (AvgIpc) is 2.71. The molecule has 0 fully saturated rings. The monoisotopic (exact) mass is 249 g/mol. The van der Waals surface area contributed by atoms with Crippen molar-refractivity contribution in [3.63, 3.8) is 0 Å². The van der Waals surface area contributed by atoms with Gasteiger partial charge in [-0.2, -0.15) is 0 Å². The summed E-state index contributed by atoms with van der Waals surface area (Å²) in [5.41, 5.74) is 1.85. The number of ether oxygens (including phenoxy) is 1. The van der Waals surface area contributed by atoms with Crippen LogP contribution in [-0.4, -0.2) is 16.7 Å². The molecular formula is C13H15NO2S. The van der Waals surface area contributed by atoms with Gasteiger partial charge in [0.2, 0.25) is 0 Å². The Hall–Kier alpha value is -1.39. The summed E-state index contributed by atoms with van der Waals surface area (Å²) in [6, 6.07) is 7.80. The number of aromatic nitrogens is 1. The number of thiazole rings is 1. The van der Waals surface area contributed by atoms with E-state index in [9.17, 15) is 5.11 Å². The first-order chi connectivity index (χ1) is 8.24. The lowest BCUT2D eigenvalue weighted by Gasteiger charge is -2.05. The zero-order valence-corrected chi connectivity index (χ0v) is 10.8. The summed E-state index contributed by atoms with van der Waals surface area (Å²) < 4.78 is 5.46. The molecular weight excluding hydrogens is 234 g/mol. The van der Waals surface area contributed by atoms with Crippen molar-refractivity contribution in [2.45, 2.75) is 20.5 Å². The second-order valence-electron chi connectivity index (χ2n) is 3.62. The Bertz CT molecular complexity index is 508. The summed E-state index contributed by atoms with van der Waals surface area (Å²) in [6.07, 6.45) is 0. The van der Waals surface area contributed by atoms with Crippen LogP contribution in [0.2, 0.25) is 0 Å². The molecule has 1 heterocycles. The summed E-state index contributed by atoms with van der Waals surface area (Å²) >= 11 is 1.53. The van der Waals surface area contributed by atoms with Crippen LogP contribution in [-0.2, 0) is 6.61 Å². The van der Waals surface area contributed by atoms with Crippen molar-refractivity contribution < 1.29 is 9.84 Å². The Balaban J connectivity index is 2.41. The van der Waals surface area contributed by atoms with Crippen molar-refractivity contribution in [3.05, 3.63) is 34.2 Å². The first-order valence-electron chi connectivity index (χ1n) is 5.55. The van der Waals surface area contributed by atoms with Gasteiger partial charge in [0, 0.05) is 5.56 Å². The van der Waals surface area contributed by atoms with Crippen molar-refractivity contribution in [3.8, 4) is 17.0 Å². The minimum Gasteiger partial charge on any atom is -0.494 e. The van der Waals surface area contributed by atoms with Crippen LogP contribution < -0.4 is 4.74 Å². The second-order valence-corrected chi connectivity index (χ2v) is 4.91. The van der Waals surface area contributed by atoms with E-state index in [1.807, 2.05) is 38.1 Å². The van der Waals surface area contributed by atoms with Crippen LogP contribution in [0.3, 0.4) is 0 Å². The topological polar surface area (TPSA) is 42.4 Å². The Kier molecular flexibility index (Phi) is 3.76. The van der Waals surface area contributed by atoms with Crippen molar-refractivity contribution in [1.29, 1.82) is 0 Å². The van der Waals surface area contributed by atoms with Crippen LogP contribution in [0.1, 0.15) is 16.8 Å². The summed E-state index contributed by atoms with van der Waals surface area (Å²) in [7, 11) is 0. The minimum atomic E-state index is 0.0275. The molecule has 0 aliphatic heterocycles. The number of benzene rings is 1. The number of hydrogen-bond donors (Lipinski definition) is 1. The smallest absolute Gasteiger partial charge is 0.119 e. The van der Waals surface area contributed by atoms with E-state index in [0.29, 0.717) is 6.61 Å². The average molecular weight is 249 g/mol. The maximum Gasteiger partial charge on any atom is 0.119 e. The van der Waals surface area contributed by atoms with E-state index in [1.54, 1.807) is 0 Å². The summed E-state index contributed by atoms with van der Waals surface area (Å²) in [5.74, 6) is 0.833. The van der Waals surface area contributed by atoms with Crippen molar-refractivity contribution in [2.75, 3.05) is 6.61 Å². The van der Waals surface area contributed by atoms with Crippen LogP contribution in [0.4, 0.5) is 0 Å². The number of aryl methyl sites for hydroxylation is 1. The highest BCUT2D eigenvalue weighted by Gasteiger charge is 2.10. The lowest BCUT2D eigenvalue weighted by atomic mass is 10.1. The number of aliphatic hydroxyl groups is 1. The maximum absolute atomic E-state index is 9.30. The number of aliphatic hydroxyl groups excluding tert-OH is 1. The number of nitrogens with zero attached hydrogens (tertiary/aromatic N) is 1. The van der Waals surface area contributed by atoms with Gasteiger partial charge in [-0.3, -0.25) is 0 Å². The molecule has 0 bridgehead atoms. The zero-order chi connectivity index (χ0) is 12.3. The Morgan fingerprint density at radius 3 is 2.94 bits per heavy atom. The highest BCUT2D eigenvalue weighted by molar-refractivity contribution is 7.12. The molecule has 17 heavy (non-hydrogen) atoms. The summed E-state index contributed by atoms with van der Waals surface area (Å²) in [5, 5.41) is 10.3. The first-order valence-corrected chi connectivity index (χ1v) is 6.36. The third kappa shape index (κ3) is 2.65. The van der Waals surface area contributed by atoms with E-state index in [2.05, 4.69) is 4.98 Å². The Morgan fingerprint density at radius 2 is 2.24 bits per heavy atom. The number of rotatable bonds is 4. The van der Waals surface area contributed by atoms with E-state index in [0.717, 1.165) is 26.9 Å². The van der Waals surface area contributed by atoms with Crippen LogP contribution in [0.15, 0.2) is 24.3 Å². The normalized spacial score (nSPS) is 10.5. The molecule has 0 saturated carbocycles. The van der Waals surface area contributed by atoms with E-state index in [1.165, 1.54) is 11.3 Å². The molecule has 2 rings (SSSR count). The van der Waals surface area contributed by atoms with Gasteiger partial charge in [-0.1, -0.05) is 12.1 Å². The van der Waals surface area contributed by atoms with Crippen molar-refractivity contribution in [1.82, 2.24) is 4.98 Å². The van der Waals surface area contributed by atoms with Crippen molar-refractivity contribution >= 4 is 11.3 Å². The molecule has 0 aliphatic carbocycles. The zero-order valence-electron chi connectivity index (χ0n) is 9.93. The van der Waals surface area contributed by atoms with Gasteiger partial charge in [0.25, 0.3) is 0 Å². The number of hydrogen-bond acceptors (Lipinski definition) is 4. The Morgan fingerprint density at radius 1 is 1.41 bits per heavy atom. The predicted molar refractivity (Wildman–Crippen MR) is 69.4 cm³/mol. The third-order valence-electron chi connectivity index (χ3n) is 2.37. The van der Waals surface area contributed by atoms with Gasteiger partial charge in [-0.15, -0.1) is 11.3 Å². The second kappa shape index (κ2) is 5.29. The molecule has 0 radical (unpaired) electrons. The third-order valence-corrected chi connectivity index (χ3v) is 3.32. The summed E-state index contributed by atoms with van der Waals surface area (Å²) in [6.45, 7) is 4.57. The standard InChI is InChI=1S/C13H15NO2S/c1-3-16-11-6-4-5-10(7-11)13-12(8-15)17-9(2)14-13/h4-7,15H,3,8H2,1-2H3. The van der Waals surface area contributed by atoms with Gasteiger partial charge in [0.15, 0.2) is 0 Å². The molecule has 0 saturated heterocycles. The van der Waals surface area contributed by atoms with Crippen LogP contribution in [0.5, 0.6) is 5.75 Å². The van der Waals surface area contributed by atoms with E-state index >= 15 is 0 Å². The molecule has 0 spiro atoms. The molecule has 0 unspecified atom stereocenters. The van der Waals surface area contributed by atoms with Gasteiger partial charge in [0.1, 0.15) is 5.75 Å². The summed E-state index contributed by atoms with van der Waals surface area (Å²) in [4.78, 5) is 5.36. The molecule has 4 heteroatoms. The van der Waals surface area contributed by atoms with E-state index in [-0.39, 0.29) is 6.61 Å². The van der Waals surface area contributed by atoms with Gasteiger partial charge in [-0.25, -0.2) is 4.98 Å². The largest absolute Gasteiger partial charge is 0.494 e. The fraction of sp³-hybridized carbons (Fsp3) is 0.308. The van der Waals surface area contributed by atoms with Crippen LogP contribution in [0.25, 0.3) is 11.3 Å². The van der Waals surface area contributed by atoms with E-state index < -0.39 is 0 Å². The fourth-order valence-electron chi connectivity index (χ4n) is 1.70.